The summed E-state index contributed by atoms with van der Waals surface area (Å²) in [6.07, 6.45) is 2.22. The fourth-order valence-corrected chi connectivity index (χ4v) is 1.90. The number of carbonyl (C=O) groups excluding carboxylic acids is 2. The molecule has 0 radical (unpaired) electrons. The Morgan fingerprint density at radius 3 is 2.72 bits per heavy atom. The van der Waals surface area contributed by atoms with Crippen LogP contribution in [0.15, 0.2) is 24.4 Å². The average molecular weight is 334 g/mol. The molecule has 1 amide bonds. The second kappa shape index (κ2) is 7.48. The van der Waals surface area contributed by atoms with Crippen molar-refractivity contribution >= 4 is 39.2 Å². The number of Topliss-reactive ketones (excluding diaryl/α,β-unsaturated/α-hetero) is 1. The highest BCUT2D eigenvalue weighted by Gasteiger charge is 2.21. The van der Waals surface area contributed by atoms with Crippen LogP contribution < -0.4 is 5.32 Å². The molecule has 4 nitrogen and oxygen atoms in total. The Kier molecular flexibility index (Phi) is 6.29. The average Bonchev–Trinajstić information content (AvgIpc) is 2.35. The van der Waals surface area contributed by atoms with Crippen molar-refractivity contribution < 1.29 is 9.59 Å². The third-order valence-corrected chi connectivity index (χ3v) is 2.83. The molecular weight excluding hydrogens is 320 g/mol. The second-order valence-electron chi connectivity index (χ2n) is 3.71. The number of ketones is 1. The maximum absolute atomic E-state index is 11.8. The van der Waals surface area contributed by atoms with Gasteiger partial charge in [0.05, 0.1) is 10.3 Å². The molecule has 0 saturated carbocycles. The van der Waals surface area contributed by atoms with Gasteiger partial charge in [-0.05, 0) is 18.6 Å². The van der Waals surface area contributed by atoms with Crippen molar-refractivity contribution in [1.82, 2.24) is 10.3 Å². The predicted octanol–water partition coefficient (Wildman–Crippen LogP) is 2.51. The molecule has 0 aliphatic rings. The van der Waals surface area contributed by atoms with Gasteiger partial charge in [-0.25, -0.2) is 0 Å². The molecule has 1 heterocycles. The molecule has 1 aromatic rings. The van der Waals surface area contributed by atoms with Gasteiger partial charge in [0.2, 0.25) is 0 Å². The van der Waals surface area contributed by atoms with Crippen LogP contribution in [0.3, 0.4) is 0 Å². The first-order valence-electron chi connectivity index (χ1n) is 5.57. The molecule has 98 valence electrons. The monoisotopic (exact) mass is 332 g/mol. The summed E-state index contributed by atoms with van der Waals surface area (Å²) in [7, 11) is 0. The Hall–Kier alpha value is -0.940. The molecular formula is C12H14BrClN2O2. The Labute approximate surface area is 119 Å². The van der Waals surface area contributed by atoms with Gasteiger partial charge < -0.3 is 5.32 Å². The van der Waals surface area contributed by atoms with E-state index in [4.69, 9.17) is 11.6 Å². The smallest absolute Gasteiger partial charge is 0.270 e. The number of halogens is 2. The van der Waals surface area contributed by atoms with E-state index in [0.717, 1.165) is 0 Å². The SMILES string of the molecule is CCC(NC(=O)c1ccccn1)C(=O)CC(Cl)Br. The first-order chi connectivity index (χ1) is 8.54. The Morgan fingerprint density at radius 2 is 2.22 bits per heavy atom. The third-order valence-electron chi connectivity index (χ3n) is 2.36. The van der Waals surface area contributed by atoms with E-state index in [1.807, 2.05) is 6.92 Å². The Morgan fingerprint density at radius 1 is 1.50 bits per heavy atom. The van der Waals surface area contributed by atoms with Crippen LogP contribution in [0.4, 0.5) is 0 Å². The predicted molar refractivity (Wildman–Crippen MR) is 74.0 cm³/mol. The van der Waals surface area contributed by atoms with Crippen molar-refractivity contribution in [1.29, 1.82) is 0 Å². The molecule has 18 heavy (non-hydrogen) atoms. The molecule has 0 bridgehead atoms. The van der Waals surface area contributed by atoms with Crippen LogP contribution in [0.2, 0.25) is 0 Å². The first kappa shape index (κ1) is 15.1. The number of nitrogens with zero attached hydrogens (tertiary/aromatic N) is 1. The molecule has 2 atom stereocenters. The van der Waals surface area contributed by atoms with Gasteiger partial charge in [0.25, 0.3) is 5.91 Å². The molecule has 0 aromatic carbocycles. The maximum Gasteiger partial charge on any atom is 0.270 e. The normalized spacial score (nSPS) is 13.7. The minimum absolute atomic E-state index is 0.0985. The van der Waals surface area contributed by atoms with Crippen LogP contribution in [-0.4, -0.2) is 27.0 Å². The van der Waals surface area contributed by atoms with Crippen LogP contribution in [0.25, 0.3) is 0 Å². The summed E-state index contributed by atoms with van der Waals surface area (Å²) < 4.78 is -0.411. The summed E-state index contributed by atoms with van der Waals surface area (Å²) >= 11 is 8.80. The fraction of sp³-hybridized carbons (Fsp3) is 0.417. The lowest BCUT2D eigenvalue weighted by atomic mass is 10.1. The summed E-state index contributed by atoms with van der Waals surface area (Å²) in [6, 6.07) is 4.51. The number of rotatable bonds is 6. The van der Waals surface area contributed by atoms with Crippen LogP contribution in [-0.2, 0) is 4.79 Å². The molecule has 2 unspecified atom stereocenters. The Balaban J connectivity index is 2.64. The largest absolute Gasteiger partial charge is 0.341 e. The van der Waals surface area contributed by atoms with E-state index in [1.165, 1.54) is 6.20 Å². The van der Waals surface area contributed by atoms with Crippen LogP contribution in [0, 0.1) is 0 Å². The lowest BCUT2D eigenvalue weighted by Crippen LogP contribution is -2.41. The zero-order chi connectivity index (χ0) is 13.5. The minimum atomic E-state index is -0.529. The lowest BCUT2D eigenvalue weighted by molar-refractivity contribution is -0.120. The molecule has 1 N–H and O–H groups in total. The summed E-state index contributed by atoms with van der Waals surface area (Å²) in [5, 5.41) is 2.66. The quantitative estimate of drug-likeness (QED) is 0.814. The van der Waals surface area contributed by atoms with Crippen molar-refractivity contribution in [2.75, 3.05) is 0 Å². The number of hydrogen-bond donors (Lipinski definition) is 1. The summed E-state index contributed by atoms with van der Waals surface area (Å²) in [5.74, 6) is -0.449. The molecule has 0 saturated heterocycles. The molecule has 0 aliphatic heterocycles. The topological polar surface area (TPSA) is 59.1 Å². The van der Waals surface area contributed by atoms with Gasteiger partial charge in [0.15, 0.2) is 5.78 Å². The minimum Gasteiger partial charge on any atom is -0.341 e. The number of nitrogens with one attached hydrogen (secondary N) is 1. The molecule has 0 fully saturated rings. The molecule has 1 rings (SSSR count). The second-order valence-corrected chi connectivity index (χ2v) is 5.87. The zero-order valence-electron chi connectivity index (χ0n) is 9.90. The molecule has 1 aromatic heterocycles. The van der Waals surface area contributed by atoms with Gasteiger partial charge >= 0.3 is 0 Å². The third kappa shape index (κ3) is 4.74. The number of hydrogen-bond acceptors (Lipinski definition) is 3. The summed E-state index contributed by atoms with van der Waals surface area (Å²) in [6.45, 7) is 1.83. The highest BCUT2D eigenvalue weighted by Crippen LogP contribution is 2.12. The van der Waals surface area contributed by atoms with Crippen molar-refractivity contribution in [3.63, 3.8) is 0 Å². The zero-order valence-corrected chi connectivity index (χ0v) is 12.2. The van der Waals surface area contributed by atoms with Gasteiger partial charge in [-0.2, -0.15) is 0 Å². The number of alkyl halides is 2. The summed E-state index contributed by atoms with van der Waals surface area (Å²) in [4.78, 5) is 27.6. The molecule has 0 aliphatic carbocycles. The number of aromatic nitrogens is 1. The van der Waals surface area contributed by atoms with E-state index in [9.17, 15) is 9.59 Å². The highest BCUT2D eigenvalue weighted by atomic mass is 79.9. The van der Waals surface area contributed by atoms with E-state index in [-0.39, 0.29) is 18.1 Å². The van der Waals surface area contributed by atoms with Gasteiger partial charge in [-0.1, -0.05) is 28.9 Å². The van der Waals surface area contributed by atoms with Gasteiger partial charge in [-0.15, -0.1) is 11.6 Å². The van der Waals surface area contributed by atoms with Gasteiger partial charge in [0, 0.05) is 12.6 Å². The summed E-state index contributed by atoms with van der Waals surface area (Å²) in [5.41, 5.74) is 0.296. The fourth-order valence-electron chi connectivity index (χ4n) is 1.43. The van der Waals surface area contributed by atoms with Crippen molar-refractivity contribution in [2.45, 2.75) is 30.1 Å². The number of pyridine rings is 1. The molecule has 0 spiro atoms. The standard InChI is InChI=1S/C12H14BrClN2O2/c1-2-8(10(17)7-11(13)14)16-12(18)9-5-3-4-6-15-9/h3-6,8,11H,2,7H2,1H3,(H,16,18). The van der Waals surface area contributed by atoms with Crippen molar-refractivity contribution in [3.05, 3.63) is 30.1 Å². The van der Waals surface area contributed by atoms with E-state index in [0.29, 0.717) is 12.1 Å². The van der Waals surface area contributed by atoms with Crippen LogP contribution in [0.5, 0.6) is 0 Å². The van der Waals surface area contributed by atoms with E-state index < -0.39 is 10.3 Å². The number of amides is 1. The van der Waals surface area contributed by atoms with Gasteiger partial charge in [-0.3, -0.25) is 14.6 Å². The Bertz CT molecular complexity index is 412. The molecule has 6 heteroatoms. The lowest BCUT2D eigenvalue weighted by Gasteiger charge is -2.15. The van der Waals surface area contributed by atoms with E-state index in [1.54, 1.807) is 18.2 Å². The van der Waals surface area contributed by atoms with Crippen LogP contribution in [0.1, 0.15) is 30.3 Å². The maximum atomic E-state index is 11.8. The van der Waals surface area contributed by atoms with Gasteiger partial charge in [0.1, 0.15) is 5.69 Å². The van der Waals surface area contributed by atoms with Crippen molar-refractivity contribution in [2.24, 2.45) is 0 Å². The van der Waals surface area contributed by atoms with E-state index >= 15 is 0 Å². The van der Waals surface area contributed by atoms with E-state index in [2.05, 4.69) is 26.2 Å². The highest BCUT2D eigenvalue weighted by molar-refractivity contribution is 9.10. The number of carbonyl (C=O) groups is 2. The van der Waals surface area contributed by atoms with Crippen LogP contribution >= 0.6 is 27.5 Å². The first-order valence-corrected chi connectivity index (χ1v) is 6.92. The van der Waals surface area contributed by atoms with Crippen molar-refractivity contribution in [3.8, 4) is 0 Å².